The molecule has 1 aliphatic rings. The highest BCUT2D eigenvalue weighted by atomic mass is 32.2. The van der Waals surface area contributed by atoms with Gasteiger partial charge in [-0.3, -0.25) is 18.8 Å². The largest absolute Gasteiger partial charge is 0.478 e. The number of nitrogens with one attached hydrogen (secondary N) is 1. The first-order valence-electron chi connectivity index (χ1n) is 8.61. The van der Waals surface area contributed by atoms with Crippen molar-refractivity contribution in [1.82, 2.24) is 29.4 Å². The van der Waals surface area contributed by atoms with E-state index in [4.69, 9.17) is 15.7 Å². The smallest absolute Gasteiger partial charge is 0.362 e. The third-order valence-electron chi connectivity index (χ3n) is 4.17. The van der Waals surface area contributed by atoms with Gasteiger partial charge in [-0.05, 0) is 6.92 Å². The average Bonchev–Trinajstić information content (AvgIpc) is 3.36. The van der Waals surface area contributed by atoms with Crippen LogP contribution in [0, 0.1) is 0 Å². The molecule has 1 aliphatic heterocycles. The number of carbonyl (C=O) groups is 3. The van der Waals surface area contributed by atoms with Crippen molar-refractivity contribution in [2.45, 2.75) is 31.7 Å². The minimum atomic E-state index is -4.91. The van der Waals surface area contributed by atoms with Gasteiger partial charge in [0, 0.05) is 5.38 Å². The van der Waals surface area contributed by atoms with Crippen LogP contribution in [0.5, 0.6) is 0 Å². The summed E-state index contributed by atoms with van der Waals surface area (Å²) < 4.78 is 33.9. The summed E-state index contributed by atoms with van der Waals surface area (Å²) in [7, 11) is -4.91. The number of nitrogens with two attached hydrogens (primary N) is 1. The molecule has 0 aromatic carbocycles. The first kappa shape index (κ1) is 23.0. The molecule has 0 saturated carbocycles. The number of β-lactam (4-membered cyclic amide) rings is 1. The average molecular weight is 488 g/mol. The number of hydrogen-bond donors (Lipinski definition) is 4. The molecular formula is C14H16N8O8S2. The predicted octanol–water partition coefficient (Wildman–Crippen LogP) is -2.29. The Kier molecular flexibility index (Phi) is 6.37. The summed E-state index contributed by atoms with van der Waals surface area (Å²) in [5.41, 5.74) is 5.00. The summed E-state index contributed by atoms with van der Waals surface area (Å²) in [4.78, 5) is 48.5. The molecular weight excluding hydrogens is 472 g/mol. The Morgan fingerprint density at radius 2 is 2.19 bits per heavy atom. The Morgan fingerprint density at radius 3 is 2.72 bits per heavy atom. The zero-order valence-corrected chi connectivity index (χ0v) is 17.7. The van der Waals surface area contributed by atoms with Gasteiger partial charge in [0.15, 0.2) is 10.8 Å². The van der Waals surface area contributed by atoms with Gasteiger partial charge in [0.05, 0.1) is 12.6 Å². The van der Waals surface area contributed by atoms with E-state index in [0.717, 1.165) is 11.3 Å². The zero-order chi connectivity index (χ0) is 23.6. The zero-order valence-electron chi connectivity index (χ0n) is 16.1. The number of aromatic nitrogens is 4. The predicted molar refractivity (Wildman–Crippen MR) is 105 cm³/mol. The molecule has 16 nitrogen and oxygen atoms in total. The Hall–Kier alpha value is -3.64. The third kappa shape index (κ3) is 4.81. The molecule has 18 heteroatoms. The van der Waals surface area contributed by atoms with Crippen molar-refractivity contribution < 1.29 is 37.3 Å². The summed E-state index contributed by atoms with van der Waals surface area (Å²) in [6, 6.07) is -2.63. The van der Waals surface area contributed by atoms with Gasteiger partial charge in [0.1, 0.15) is 24.4 Å². The Balaban J connectivity index is 1.85. The molecule has 2 amide bonds. The van der Waals surface area contributed by atoms with Crippen molar-refractivity contribution in [3.05, 3.63) is 23.7 Å². The number of nitrogen functional groups attached to an aromatic ring is 1. The SMILES string of the molecule is C[C@H](O/N=C(/C(=O)N[C@@H]1C(=O)N(S(=O)(=O)O)[C@@H]1Cn1cncn1)c1csc(N)n1)C(=O)O. The van der Waals surface area contributed by atoms with Crippen molar-refractivity contribution in [3.63, 3.8) is 0 Å². The minimum Gasteiger partial charge on any atom is -0.478 e. The molecule has 172 valence electrons. The summed E-state index contributed by atoms with van der Waals surface area (Å²) in [5, 5.41) is 20.0. The van der Waals surface area contributed by atoms with Gasteiger partial charge in [-0.15, -0.1) is 11.3 Å². The monoisotopic (exact) mass is 488 g/mol. The first-order valence-corrected chi connectivity index (χ1v) is 10.9. The normalized spacial score (nSPS) is 19.9. The molecule has 3 heterocycles. The lowest BCUT2D eigenvalue weighted by Crippen LogP contribution is -2.73. The highest BCUT2D eigenvalue weighted by molar-refractivity contribution is 7.84. The highest BCUT2D eigenvalue weighted by Gasteiger charge is 2.54. The van der Waals surface area contributed by atoms with E-state index in [2.05, 4.69) is 25.5 Å². The van der Waals surface area contributed by atoms with Crippen LogP contribution in [0.25, 0.3) is 0 Å². The maximum absolute atomic E-state index is 12.8. The van der Waals surface area contributed by atoms with Crippen LogP contribution in [0.2, 0.25) is 0 Å². The lowest BCUT2D eigenvalue weighted by atomic mass is 9.98. The standard InChI is InChI=1S/C14H16N8O8S2/c1-6(13(25)26)30-20-9(7-3-31-14(15)18-7)11(23)19-10-8(2-21-5-16-4-17-21)22(12(10)24)32(27,28)29/h3-6,8,10H,2H2,1H3,(H2,15,18)(H,19,23)(H,25,26)(H,27,28,29)/b20-9+/t6-,8+,10-/m0/s1. The number of amides is 2. The van der Waals surface area contributed by atoms with Gasteiger partial charge >= 0.3 is 16.3 Å². The number of aliphatic carboxylic acids is 1. The number of carboxylic acid groups (broad SMARTS) is 1. The maximum Gasteiger partial charge on any atom is 0.362 e. The molecule has 0 unspecified atom stereocenters. The highest BCUT2D eigenvalue weighted by Crippen LogP contribution is 2.25. The van der Waals surface area contributed by atoms with Gasteiger partial charge in [-0.1, -0.05) is 5.16 Å². The van der Waals surface area contributed by atoms with Crippen LogP contribution < -0.4 is 11.1 Å². The van der Waals surface area contributed by atoms with Crippen LogP contribution in [-0.2, 0) is 36.1 Å². The number of anilines is 1. The second-order valence-corrected chi connectivity index (χ2v) is 8.52. The van der Waals surface area contributed by atoms with Crippen molar-refractivity contribution in [3.8, 4) is 0 Å². The number of hydrogen-bond acceptors (Lipinski definition) is 12. The van der Waals surface area contributed by atoms with Gasteiger partial charge in [0.25, 0.3) is 11.8 Å². The van der Waals surface area contributed by atoms with Crippen LogP contribution in [0.1, 0.15) is 12.6 Å². The summed E-state index contributed by atoms with van der Waals surface area (Å²) in [5.74, 6) is -3.48. The molecule has 3 atom stereocenters. The maximum atomic E-state index is 12.8. The van der Waals surface area contributed by atoms with Crippen LogP contribution in [-0.4, -0.2) is 83.8 Å². The molecule has 0 radical (unpaired) electrons. The number of carboxylic acids is 1. The van der Waals surface area contributed by atoms with Crippen molar-refractivity contribution in [1.29, 1.82) is 0 Å². The molecule has 2 aromatic rings. The molecule has 32 heavy (non-hydrogen) atoms. The minimum absolute atomic E-state index is 0.0613. The number of thiazole rings is 1. The van der Waals surface area contributed by atoms with E-state index in [0.29, 0.717) is 0 Å². The lowest BCUT2D eigenvalue weighted by Gasteiger charge is -2.43. The summed E-state index contributed by atoms with van der Waals surface area (Å²) >= 11 is 0.965. The van der Waals surface area contributed by atoms with E-state index in [1.54, 1.807) is 0 Å². The van der Waals surface area contributed by atoms with E-state index in [1.165, 1.54) is 29.6 Å². The van der Waals surface area contributed by atoms with E-state index < -0.39 is 52.0 Å². The van der Waals surface area contributed by atoms with Gasteiger partial charge in [0.2, 0.25) is 6.10 Å². The fourth-order valence-electron chi connectivity index (χ4n) is 2.65. The lowest BCUT2D eigenvalue weighted by molar-refractivity contribution is -0.149. The second kappa shape index (κ2) is 8.85. The van der Waals surface area contributed by atoms with E-state index in [9.17, 15) is 27.4 Å². The molecule has 3 rings (SSSR count). The van der Waals surface area contributed by atoms with E-state index in [-0.39, 0.29) is 21.7 Å². The van der Waals surface area contributed by atoms with Crippen molar-refractivity contribution in [2.24, 2.45) is 5.16 Å². The summed E-state index contributed by atoms with van der Waals surface area (Å²) in [6.45, 7) is 0.948. The molecule has 2 aromatic heterocycles. The number of nitrogens with zero attached hydrogens (tertiary/aromatic N) is 6. The Labute approximate surface area is 183 Å². The van der Waals surface area contributed by atoms with Crippen molar-refractivity contribution >= 4 is 50.3 Å². The fraction of sp³-hybridized carbons (Fsp3) is 0.357. The Morgan fingerprint density at radius 1 is 1.47 bits per heavy atom. The molecule has 1 saturated heterocycles. The quantitative estimate of drug-likeness (QED) is 0.126. The fourth-order valence-corrected chi connectivity index (χ4v) is 4.07. The number of carbonyl (C=O) groups excluding carboxylic acids is 2. The molecule has 0 bridgehead atoms. The number of oxime groups is 1. The van der Waals surface area contributed by atoms with E-state index in [1.807, 2.05) is 0 Å². The Bertz CT molecular complexity index is 1160. The van der Waals surface area contributed by atoms with Gasteiger partial charge in [-0.25, -0.2) is 19.1 Å². The first-order chi connectivity index (χ1) is 15.0. The summed E-state index contributed by atoms with van der Waals surface area (Å²) in [6.07, 6.45) is 1.01. The van der Waals surface area contributed by atoms with E-state index >= 15 is 0 Å². The number of rotatable bonds is 9. The van der Waals surface area contributed by atoms with Crippen LogP contribution >= 0.6 is 11.3 Å². The molecule has 0 spiro atoms. The van der Waals surface area contributed by atoms with Crippen molar-refractivity contribution in [2.75, 3.05) is 5.73 Å². The van der Waals surface area contributed by atoms with Crippen LogP contribution in [0.15, 0.2) is 23.2 Å². The molecule has 1 fully saturated rings. The van der Waals surface area contributed by atoms with Crippen LogP contribution in [0.4, 0.5) is 5.13 Å². The second-order valence-electron chi connectivity index (χ2n) is 6.34. The van der Waals surface area contributed by atoms with Gasteiger partial charge in [-0.2, -0.15) is 13.5 Å². The topological polar surface area (TPSA) is 232 Å². The van der Waals surface area contributed by atoms with Gasteiger partial charge < -0.3 is 21.0 Å². The molecule has 5 N–H and O–H groups in total. The van der Waals surface area contributed by atoms with Crippen LogP contribution in [0.3, 0.4) is 0 Å². The third-order valence-corrected chi connectivity index (χ3v) is 5.80. The molecule has 0 aliphatic carbocycles.